The molecule has 1 N–H and O–H groups in total. The maximum Gasteiger partial charge on any atom is 0.253 e. The summed E-state index contributed by atoms with van der Waals surface area (Å²) < 4.78 is 5.68. The molecule has 27 heavy (non-hydrogen) atoms. The summed E-state index contributed by atoms with van der Waals surface area (Å²) in [5.74, 6) is 0.391. The van der Waals surface area contributed by atoms with Crippen LogP contribution in [0.2, 0.25) is 5.02 Å². The first kappa shape index (κ1) is 20.9. The topological polar surface area (TPSA) is 58.6 Å². The molecule has 0 heterocycles. The van der Waals surface area contributed by atoms with Gasteiger partial charge in [-0.1, -0.05) is 23.7 Å². The third-order valence-corrected chi connectivity index (χ3v) is 4.78. The van der Waals surface area contributed by atoms with Gasteiger partial charge in [0.1, 0.15) is 12.4 Å². The van der Waals surface area contributed by atoms with Gasteiger partial charge in [0.25, 0.3) is 5.91 Å². The van der Waals surface area contributed by atoms with Gasteiger partial charge in [0.2, 0.25) is 0 Å². The van der Waals surface area contributed by atoms with E-state index in [-0.39, 0.29) is 5.91 Å². The summed E-state index contributed by atoms with van der Waals surface area (Å²) in [6.45, 7) is 3.01. The van der Waals surface area contributed by atoms with Crippen LogP contribution in [0.25, 0.3) is 0 Å². The van der Waals surface area contributed by atoms with Crippen LogP contribution in [0.5, 0.6) is 5.75 Å². The number of aldehydes is 1. The van der Waals surface area contributed by atoms with E-state index in [0.29, 0.717) is 41.5 Å². The predicted octanol–water partition coefficient (Wildman–Crippen LogP) is 3.35. The number of benzene rings is 2. The monoisotopic (exact) mass is 388 g/mol. The van der Waals surface area contributed by atoms with Crippen molar-refractivity contribution >= 4 is 23.8 Å². The fourth-order valence-corrected chi connectivity index (χ4v) is 3.00. The molecule has 6 heteroatoms. The summed E-state index contributed by atoms with van der Waals surface area (Å²) in [6.07, 6.45) is 1.38. The molecule has 2 aromatic carbocycles. The first-order valence-corrected chi connectivity index (χ1v) is 9.12. The molecule has 0 saturated heterocycles. The first-order chi connectivity index (χ1) is 12.9. The van der Waals surface area contributed by atoms with Gasteiger partial charge in [0.15, 0.2) is 6.29 Å². The number of nitrogens with zero attached hydrogens (tertiary/aromatic N) is 1. The lowest BCUT2D eigenvalue weighted by molar-refractivity contribution is 0.0827. The Bertz CT molecular complexity index is 817. The van der Waals surface area contributed by atoms with Crippen LogP contribution in [0.4, 0.5) is 0 Å². The van der Waals surface area contributed by atoms with Crippen LogP contribution >= 0.6 is 11.6 Å². The summed E-state index contributed by atoms with van der Waals surface area (Å²) >= 11 is 6.47. The van der Waals surface area contributed by atoms with Gasteiger partial charge < -0.3 is 15.0 Å². The van der Waals surface area contributed by atoms with Crippen LogP contribution in [-0.4, -0.2) is 51.4 Å². The molecule has 0 bridgehead atoms. The SMILES string of the molecule is CNCCOc1c(C=O)cc(Cc2ccc(C(=O)N(C)C)cc2)c(C)c1Cl. The normalized spacial score (nSPS) is 10.6. The zero-order chi connectivity index (χ0) is 20.0. The number of hydrogen-bond donors (Lipinski definition) is 1. The smallest absolute Gasteiger partial charge is 0.253 e. The minimum atomic E-state index is -0.0351. The van der Waals surface area contributed by atoms with Crippen molar-refractivity contribution in [2.24, 2.45) is 0 Å². The second-order valence-corrected chi connectivity index (χ2v) is 6.91. The van der Waals surface area contributed by atoms with E-state index in [1.54, 1.807) is 19.0 Å². The Labute approximate surface area is 165 Å². The van der Waals surface area contributed by atoms with Crippen LogP contribution in [-0.2, 0) is 6.42 Å². The summed E-state index contributed by atoms with van der Waals surface area (Å²) in [5.41, 5.74) is 3.95. The molecule has 2 aromatic rings. The lowest BCUT2D eigenvalue weighted by atomic mass is 9.97. The molecule has 0 saturated carbocycles. The number of rotatable bonds is 8. The van der Waals surface area contributed by atoms with Gasteiger partial charge in [-0.05, 0) is 55.3 Å². The molecule has 0 atom stereocenters. The number of hydrogen-bond acceptors (Lipinski definition) is 4. The van der Waals surface area contributed by atoms with E-state index in [9.17, 15) is 9.59 Å². The molecule has 0 aliphatic rings. The van der Waals surface area contributed by atoms with Crippen molar-refractivity contribution < 1.29 is 14.3 Å². The minimum Gasteiger partial charge on any atom is -0.490 e. The van der Waals surface area contributed by atoms with Gasteiger partial charge in [-0.15, -0.1) is 0 Å². The zero-order valence-corrected chi connectivity index (χ0v) is 16.9. The van der Waals surface area contributed by atoms with Crippen molar-refractivity contribution in [3.05, 3.63) is 63.2 Å². The van der Waals surface area contributed by atoms with E-state index in [1.807, 2.05) is 44.3 Å². The Morgan fingerprint density at radius 1 is 1.26 bits per heavy atom. The van der Waals surface area contributed by atoms with Gasteiger partial charge in [-0.2, -0.15) is 0 Å². The lowest BCUT2D eigenvalue weighted by Gasteiger charge is -2.16. The average molecular weight is 389 g/mol. The minimum absolute atomic E-state index is 0.0351. The Kier molecular flexibility index (Phi) is 7.39. The van der Waals surface area contributed by atoms with Crippen molar-refractivity contribution in [1.29, 1.82) is 0 Å². The quantitative estimate of drug-likeness (QED) is 0.556. The lowest BCUT2D eigenvalue weighted by Crippen LogP contribution is -2.21. The first-order valence-electron chi connectivity index (χ1n) is 8.74. The molecule has 5 nitrogen and oxygen atoms in total. The fourth-order valence-electron chi connectivity index (χ4n) is 2.72. The molecule has 1 amide bonds. The molecule has 0 aromatic heterocycles. The van der Waals surface area contributed by atoms with Crippen LogP contribution in [0.15, 0.2) is 30.3 Å². The molecule has 0 radical (unpaired) electrons. The van der Waals surface area contributed by atoms with Crippen LogP contribution in [0.1, 0.15) is 37.4 Å². The Morgan fingerprint density at radius 3 is 2.48 bits per heavy atom. The molecule has 144 valence electrons. The number of nitrogens with one attached hydrogen (secondary N) is 1. The number of carbonyl (C=O) groups excluding carboxylic acids is 2. The zero-order valence-electron chi connectivity index (χ0n) is 16.1. The Hall–Kier alpha value is -2.37. The largest absolute Gasteiger partial charge is 0.490 e. The highest BCUT2D eigenvalue weighted by molar-refractivity contribution is 6.33. The van der Waals surface area contributed by atoms with Crippen molar-refractivity contribution in [3.63, 3.8) is 0 Å². The van der Waals surface area contributed by atoms with Crippen molar-refractivity contribution in [2.45, 2.75) is 13.3 Å². The van der Waals surface area contributed by atoms with Crippen LogP contribution in [0, 0.1) is 6.92 Å². The third kappa shape index (κ3) is 5.08. The van der Waals surface area contributed by atoms with E-state index in [0.717, 1.165) is 23.0 Å². The second-order valence-electron chi connectivity index (χ2n) is 6.54. The number of likely N-dealkylation sites (N-methyl/N-ethyl adjacent to an activating group) is 1. The summed E-state index contributed by atoms with van der Waals surface area (Å²) in [4.78, 5) is 25.1. The molecule has 0 aliphatic heterocycles. The summed E-state index contributed by atoms with van der Waals surface area (Å²) in [6, 6.07) is 9.28. The molecular weight excluding hydrogens is 364 g/mol. The third-order valence-electron chi connectivity index (χ3n) is 4.33. The van der Waals surface area contributed by atoms with E-state index in [2.05, 4.69) is 5.32 Å². The summed E-state index contributed by atoms with van der Waals surface area (Å²) in [5, 5.41) is 3.45. The summed E-state index contributed by atoms with van der Waals surface area (Å²) in [7, 11) is 5.28. The van der Waals surface area contributed by atoms with E-state index >= 15 is 0 Å². The van der Waals surface area contributed by atoms with Gasteiger partial charge in [0, 0.05) is 26.2 Å². The van der Waals surface area contributed by atoms with Crippen LogP contribution < -0.4 is 10.1 Å². The highest BCUT2D eigenvalue weighted by atomic mass is 35.5. The fraction of sp³-hybridized carbons (Fsp3) is 0.333. The standard InChI is InChI=1S/C21H25ClN2O3/c1-14-17(11-15-5-7-16(8-6-15)21(26)24(3)4)12-18(13-25)20(19(14)22)27-10-9-23-2/h5-8,12-13,23H,9-11H2,1-4H3. The van der Waals surface area contributed by atoms with E-state index in [1.165, 1.54) is 0 Å². The van der Waals surface area contributed by atoms with E-state index in [4.69, 9.17) is 16.3 Å². The molecule has 0 fully saturated rings. The highest BCUT2D eigenvalue weighted by Gasteiger charge is 2.16. The number of carbonyl (C=O) groups is 2. The van der Waals surface area contributed by atoms with Crippen molar-refractivity contribution in [1.82, 2.24) is 10.2 Å². The molecule has 0 spiro atoms. The molecular formula is C21H25ClN2O3. The van der Waals surface area contributed by atoms with Gasteiger partial charge in [-0.3, -0.25) is 9.59 Å². The molecule has 2 rings (SSSR count). The highest BCUT2D eigenvalue weighted by Crippen LogP contribution is 2.34. The van der Waals surface area contributed by atoms with Crippen molar-refractivity contribution in [2.75, 3.05) is 34.3 Å². The van der Waals surface area contributed by atoms with Crippen LogP contribution in [0.3, 0.4) is 0 Å². The second kappa shape index (κ2) is 9.53. The van der Waals surface area contributed by atoms with Crippen molar-refractivity contribution in [3.8, 4) is 5.75 Å². The maximum atomic E-state index is 12.0. The molecule has 0 aliphatic carbocycles. The molecule has 0 unspecified atom stereocenters. The van der Waals surface area contributed by atoms with Gasteiger partial charge in [-0.25, -0.2) is 0 Å². The Balaban J connectivity index is 2.27. The average Bonchev–Trinajstić information content (AvgIpc) is 2.67. The number of halogens is 1. The van der Waals surface area contributed by atoms with Gasteiger partial charge >= 0.3 is 0 Å². The Morgan fingerprint density at radius 2 is 1.93 bits per heavy atom. The maximum absolute atomic E-state index is 12.0. The predicted molar refractivity (Wildman–Crippen MR) is 108 cm³/mol. The number of ether oxygens (including phenoxy) is 1. The number of amides is 1. The van der Waals surface area contributed by atoms with E-state index < -0.39 is 0 Å². The van der Waals surface area contributed by atoms with Gasteiger partial charge in [0.05, 0.1) is 10.6 Å².